The maximum absolute atomic E-state index is 11.4. The maximum Gasteiger partial charge on any atom is 0.290 e. The zero-order valence-electron chi connectivity index (χ0n) is 10.4. The summed E-state index contributed by atoms with van der Waals surface area (Å²) in [5.41, 5.74) is -0.130. The van der Waals surface area contributed by atoms with Crippen molar-refractivity contribution in [1.29, 1.82) is 0 Å². The summed E-state index contributed by atoms with van der Waals surface area (Å²) in [6.07, 6.45) is 9.69. The predicted octanol–water partition coefficient (Wildman–Crippen LogP) is 2.40. The summed E-state index contributed by atoms with van der Waals surface area (Å²) in [5, 5.41) is 3.16. The van der Waals surface area contributed by atoms with Crippen molar-refractivity contribution in [3.05, 3.63) is 22.7 Å². The SMILES string of the molecule is CCC1CCC(CNc2ncc[nH]c2=O)CC1. The van der Waals surface area contributed by atoms with Gasteiger partial charge in [-0.1, -0.05) is 26.2 Å². The first-order valence-corrected chi connectivity index (χ1v) is 6.57. The Labute approximate surface area is 102 Å². The molecule has 0 bridgehead atoms. The van der Waals surface area contributed by atoms with E-state index in [4.69, 9.17) is 0 Å². The van der Waals surface area contributed by atoms with E-state index < -0.39 is 0 Å². The van der Waals surface area contributed by atoms with Crippen molar-refractivity contribution in [3.63, 3.8) is 0 Å². The number of nitrogens with zero attached hydrogens (tertiary/aromatic N) is 1. The highest BCUT2D eigenvalue weighted by Gasteiger charge is 2.19. The Morgan fingerprint density at radius 3 is 2.71 bits per heavy atom. The van der Waals surface area contributed by atoms with Gasteiger partial charge in [0.25, 0.3) is 5.56 Å². The fourth-order valence-electron chi connectivity index (χ4n) is 2.56. The molecule has 1 saturated carbocycles. The molecule has 2 rings (SSSR count). The number of anilines is 1. The molecule has 0 unspecified atom stereocenters. The van der Waals surface area contributed by atoms with E-state index in [1.54, 1.807) is 12.4 Å². The number of nitrogens with one attached hydrogen (secondary N) is 2. The van der Waals surface area contributed by atoms with Crippen molar-refractivity contribution in [2.45, 2.75) is 39.0 Å². The minimum absolute atomic E-state index is 0.130. The molecule has 4 heteroatoms. The molecule has 2 N–H and O–H groups in total. The highest BCUT2D eigenvalue weighted by Crippen LogP contribution is 2.30. The van der Waals surface area contributed by atoms with Crippen LogP contribution in [-0.2, 0) is 0 Å². The summed E-state index contributed by atoms with van der Waals surface area (Å²) >= 11 is 0. The van der Waals surface area contributed by atoms with Gasteiger partial charge in [0.1, 0.15) is 0 Å². The van der Waals surface area contributed by atoms with Crippen LogP contribution in [0.15, 0.2) is 17.2 Å². The number of hydrogen-bond acceptors (Lipinski definition) is 3. The van der Waals surface area contributed by atoms with Crippen molar-refractivity contribution in [2.24, 2.45) is 11.8 Å². The third-order valence-electron chi connectivity index (χ3n) is 3.81. The van der Waals surface area contributed by atoms with Gasteiger partial charge in [-0.3, -0.25) is 4.79 Å². The zero-order valence-corrected chi connectivity index (χ0v) is 10.4. The molecule has 0 spiro atoms. The van der Waals surface area contributed by atoms with Gasteiger partial charge in [0.2, 0.25) is 0 Å². The third-order valence-corrected chi connectivity index (χ3v) is 3.81. The van der Waals surface area contributed by atoms with Crippen molar-refractivity contribution >= 4 is 5.82 Å². The van der Waals surface area contributed by atoms with E-state index >= 15 is 0 Å². The molecule has 1 heterocycles. The number of rotatable bonds is 4. The minimum Gasteiger partial charge on any atom is -0.365 e. The molecule has 0 aromatic carbocycles. The van der Waals surface area contributed by atoms with Crippen molar-refractivity contribution in [1.82, 2.24) is 9.97 Å². The van der Waals surface area contributed by atoms with Gasteiger partial charge in [0, 0.05) is 18.9 Å². The Balaban J connectivity index is 1.80. The lowest BCUT2D eigenvalue weighted by molar-refractivity contribution is 0.278. The highest BCUT2D eigenvalue weighted by molar-refractivity contribution is 5.29. The molecule has 1 fully saturated rings. The summed E-state index contributed by atoms with van der Waals surface area (Å²) in [5.74, 6) is 2.06. The molecule has 0 aliphatic heterocycles. The molecular formula is C13H21N3O. The fraction of sp³-hybridized carbons (Fsp3) is 0.692. The topological polar surface area (TPSA) is 57.8 Å². The normalized spacial score (nSPS) is 24.5. The van der Waals surface area contributed by atoms with Gasteiger partial charge >= 0.3 is 0 Å². The largest absolute Gasteiger partial charge is 0.365 e. The van der Waals surface area contributed by atoms with Crippen LogP contribution in [0.2, 0.25) is 0 Å². The Hall–Kier alpha value is -1.32. The average molecular weight is 235 g/mol. The lowest BCUT2D eigenvalue weighted by atomic mass is 9.81. The van der Waals surface area contributed by atoms with Gasteiger partial charge in [-0.05, 0) is 24.7 Å². The van der Waals surface area contributed by atoms with Crippen LogP contribution in [-0.4, -0.2) is 16.5 Å². The Morgan fingerprint density at radius 2 is 2.06 bits per heavy atom. The Bertz CT molecular complexity index is 394. The van der Waals surface area contributed by atoms with Gasteiger partial charge in [-0.2, -0.15) is 0 Å². The summed E-state index contributed by atoms with van der Waals surface area (Å²) in [4.78, 5) is 18.1. The Morgan fingerprint density at radius 1 is 1.35 bits per heavy atom. The second kappa shape index (κ2) is 5.84. The molecule has 1 aromatic rings. The summed E-state index contributed by atoms with van der Waals surface area (Å²) in [6, 6.07) is 0. The first-order valence-electron chi connectivity index (χ1n) is 6.57. The number of aromatic amines is 1. The van der Waals surface area contributed by atoms with Crippen LogP contribution in [0.3, 0.4) is 0 Å². The molecule has 1 aliphatic carbocycles. The fourth-order valence-corrected chi connectivity index (χ4v) is 2.56. The molecule has 0 atom stereocenters. The van der Waals surface area contributed by atoms with E-state index in [2.05, 4.69) is 22.2 Å². The van der Waals surface area contributed by atoms with Crippen LogP contribution < -0.4 is 10.9 Å². The monoisotopic (exact) mass is 235 g/mol. The molecule has 1 aromatic heterocycles. The molecule has 1 aliphatic rings. The molecule has 17 heavy (non-hydrogen) atoms. The first-order chi connectivity index (χ1) is 8.29. The number of aromatic nitrogens is 2. The lowest BCUT2D eigenvalue weighted by Crippen LogP contribution is -2.24. The third kappa shape index (κ3) is 3.32. The van der Waals surface area contributed by atoms with E-state index in [0.717, 1.165) is 12.5 Å². The van der Waals surface area contributed by atoms with E-state index in [9.17, 15) is 4.79 Å². The first kappa shape index (κ1) is 12.1. The zero-order chi connectivity index (χ0) is 12.1. The molecule has 0 amide bonds. The molecule has 4 nitrogen and oxygen atoms in total. The number of H-pyrrole nitrogens is 1. The van der Waals surface area contributed by atoms with Crippen molar-refractivity contribution in [2.75, 3.05) is 11.9 Å². The van der Waals surface area contributed by atoms with Crippen LogP contribution in [0.1, 0.15) is 39.0 Å². The van der Waals surface area contributed by atoms with Crippen molar-refractivity contribution < 1.29 is 0 Å². The maximum atomic E-state index is 11.4. The standard InChI is InChI=1S/C13H21N3O/c1-2-10-3-5-11(6-4-10)9-16-12-13(17)15-8-7-14-12/h7-8,10-11H,2-6,9H2,1H3,(H,14,16)(H,15,17). The highest BCUT2D eigenvalue weighted by atomic mass is 16.1. The molecule has 0 saturated heterocycles. The van der Waals surface area contributed by atoms with Gasteiger partial charge < -0.3 is 10.3 Å². The van der Waals surface area contributed by atoms with Crippen LogP contribution in [0.25, 0.3) is 0 Å². The van der Waals surface area contributed by atoms with Gasteiger partial charge in [0.15, 0.2) is 5.82 Å². The Kier molecular flexibility index (Phi) is 4.18. The second-order valence-electron chi connectivity index (χ2n) is 4.94. The second-order valence-corrected chi connectivity index (χ2v) is 4.94. The number of hydrogen-bond donors (Lipinski definition) is 2. The predicted molar refractivity (Wildman–Crippen MR) is 69.1 cm³/mol. The minimum atomic E-state index is -0.130. The average Bonchev–Trinajstić information content (AvgIpc) is 2.38. The summed E-state index contributed by atoms with van der Waals surface area (Å²) in [7, 11) is 0. The van der Waals surface area contributed by atoms with E-state index in [1.165, 1.54) is 32.1 Å². The van der Waals surface area contributed by atoms with E-state index in [1.807, 2.05) is 0 Å². The van der Waals surface area contributed by atoms with E-state index in [0.29, 0.717) is 11.7 Å². The van der Waals surface area contributed by atoms with Crippen LogP contribution >= 0.6 is 0 Å². The van der Waals surface area contributed by atoms with E-state index in [-0.39, 0.29) is 5.56 Å². The van der Waals surface area contributed by atoms with Crippen LogP contribution in [0.5, 0.6) is 0 Å². The summed E-state index contributed by atoms with van der Waals surface area (Å²) in [6.45, 7) is 3.15. The van der Waals surface area contributed by atoms with Crippen molar-refractivity contribution in [3.8, 4) is 0 Å². The van der Waals surface area contributed by atoms with Gasteiger partial charge in [-0.15, -0.1) is 0 Å². The molecular weight excluding hydrogens is 214 g/mol. The summed E-state index contributed by atoms with van der Waals surface area (Å²) < 4.78 is 0. The van der Waals surface area contributed by atoms with Crippen LogP contribution in [0, 0.1) is 11.8 Å². The smallest absolute Gasteiger partial charge is 0.290 e. The van der Waals surface area contributed by atoms with Gasteiger partial charge in [0.05, 0.1) is 0 Å². The quantitative estimate of drug-likeness (QED) is 0.842. The van der Waals surface area contributed by atoms with Crippen LogP contribution in [0.4, 0.5) is 5.82 Å². The van der Waals surface area contributed by atoms with Gasteiger partial charge in [-0.25, -0.2) is 4.98 Å². The lowest BCUT2D eigenvalue weighted by Gasteiger charge is -2.27. The molecule has 0 radical (unpaired) electrons. The molecule has 94 valence electrons.